The fourth-order valence-corrected chi connectivity index (χ4v) is 2.27. The quantitative estimate of drug-likeness (QED) is 0.879. The molecule has 1 atom stereocenters. The minimum atomic E-state index is 0.182. The molecule has 0 fully saturated rings. The number of nitrogens with two attached hydrogens (primary N) is 1. The van der Waals surface area contributed by atoms with Crippen LogP contribution in [-0.2, 0) is 13.0 Å². The van der Waals surface area contributed by atoms with Gasteiger partial charge < -0.3 is 15.1 Å². The van der Waals surface area contributed by atoms with Crippen LogP contribution in [0.3, 0.4) is 0 Å². The maximum atomic E-state index is 6.07. The minimum Gasteiger partial charge on any atom is -0.469 e. The summed E-state index contributed by atoms with van der Waals surface area (Å²) in [4.78, 5) is 6.66. The predicted molar refractivity (Wildman–Crippen MR) is 81.8 cm³/mol. The van der Waals surface area contributed by atoms with E-state index in [2.05, 4.69) is 29.9 Å². The third-order valence-corrected chi connectivity index (χ3v) is 3.61. The van der Waals surface area contributed by atoms with Gasteiger partial charge in [0.25, 0.3) is 0 Å². The number of anilines is 1. The van der Waals surface area contributed by atoms with Gasteiger partial charge in [-0.3, -0.25) is 0 Å². The van der Waals surface area contributed by atoms with Gasteiger partial charge in [0.1, 0.15) is 11.6 Å². The topological polar surface area (TPSA) is 55.3 Å². The molecule has 4 heteroatoms. The van der Waals surface area contributed by atoms with Crippen molar-refractivity contribution in [1.82, 2.24) is 4.98 Å². The van der Waals surface area contributed by atoms with E-state index in [1.54, 1.807) is 6.26 Å². The number of nitrogens with zero attached hydrogens (tertiary/aromatic N) is 2. The molecule has 0 bridgehead atoms. The first kappa shape index (κ1) is 14.6. The molecule has 2 rings (SSSR count). The SMILES string of the molecule is CCC(N)Cc1cccnc1N(C)Cc1ccoc1C. The monoisotopic (exact) mass is 273 g/mol. The fourth-order valence-electron chi connectivity index (χ4n) is 2.27. The van der Waals surface area contributed by atoms with Crippen molar-refractivity contribution in [3.05, 3.63) is 47.5 Å². The molecule has 0 aromatic carbocycles. The predicted octanol–water partition coefficient (Wildman–Crippen LogP) is 2.90. The van der Waals surface area contributed by atoms with Gasteiger partial charge in [0.15, 0.2) is 0 Å². The van der Waals surface area contributed by atoms with Gasteiger partial charge in [-0.25, -0.2) is 4.98 Å². The summed E-state index contributed by atoms with van der Waals surface area (Å²) in [6, 6.07) is 6.27. The second-order valence-electron chi connectivity index (χ2n) is 5.22. The summed E-state index contributed by atoms with van der Waals surface area (Å²) in [5.74, 6) is 1.96. The highest BCUT2D eigenvalue weighted by molar-refractivity contribution is 5.47. The van der Waals surface area contributed by atoms with Crippen molar-refractivity contribution >= 4 is 5.82 Å². The minimum absolute atomic E-state index is 0.182. The van der Waals surface area contributed by atoms with Gasteiger partial charge in [0.2, 0.25) is 0 Å². The van der Waals surface area contributed by atoms with Crippen molar-refractivity contribution in [2.24, 2.45) is 5.73 Å². The summed E-state index contributed by atoms with van der Waals surface area (Å²) < 4.78 is 5.35. The molecule has 1 unspecified atom stereocenters. The van der Waals surface area contributed by atoms with Crippen LogP contribution in [0, 0.1) is 6.92 Å². The standard InChI is InChI=1S/C16H23N3O/c1-4-15(17)10-13-6-5-8-18-16(13)19(3)11-14-7-9-20-12(14)2/h5-9,15H,4,10-11,17H2,1-3H3. The maximum absolute atomic E-state index is 6.07. The van der Waals surface area contributed by atoms with E-state index in [0.29, 0.717) is 0 Å². The van der Waals surface area contributed by atoms with Crippen LogP contribution in [0.25, 0.3) is 0 Å². The summed E-state index contributed by atoms with van der Waals surface area (Å²) in [6.07, 6.45) is 5.38. The van der Waals surface area contributed by atoms with Crippen LogP contribution in [0.15, 0.2) is 35.1 Å². The summed E-state index contributed by atoms with van der Waals surface area (Å²) in [7, 11) is 2.05. The van der Waals surface area contributed by atoms with Crippen molar-refractivity contribution in [3.63, 3.8) is 0 Å². The van der Waals surface area contributed by atoms with Gasteiger partial charge in [-0.2, -0.15) is 0 Å². The lowest BCUT2D eigenvalue weighted by Crippen LogP contribution is -2.25. The average Bonchev–Trinajstić information content (AvgIpc) is 2.84. The number of hydrogen-bond donors (Lipinski definition) is 1. The summed E-state index contributed by atoms with van der Waals surface area (Å²) in [6.45, 7) is 4.88. The Bertz CT molecular complexity index is 550. The molecular weight excluding hydrogens is 250 g/mol. The van der Waals surface area contributed by atoms with Crippen LogP contribution in [0.4, 0.5) is 5.82 Å². The molecule has 0 radical (unpaired) electrons. The van der Waals surface area contributed by atoms with Gasteiger partial charge in [-0.1, -0.05) is 13.0 Å². The number of aryl methyl sites for hydroxylation is 1. The van der Waals surface area contributed by atoms with Crippen LogP contribution in [0.2, 0.25) is 0 Å². The van der Waals surface area contributed by atoms with Crippen LogP contribution >= 0.6 is 0 Å². The molecular formula is C16H23N3O. The lowest BCUT2D eigenvalue weighted by atomic mass is 10.1. The molecule has 2 aromatic heterocycles. The first-order valence-electron chi connectivity index (χ1n) is 7.05. The lowest BCUT2D eigenvalue weighted by Gasteiger charge is -2.22. The maximum Gasteiger partial charge on any atom is 0.131 e. The van der Waals surface area contributed by atoms with E-state index >= 15 is 0 Å². The Morgan fingerprint density at radius 2 is 2.15 bits per heavy atom. The second-order valence-corrected chi connectivity index (χ2v) is 5.22. The average molecular weight is 273 g/mol. The van der Waals surface area contributed by atoms with E-state index in [1.807, 2.05) is 25.3 Å². The van der Waals surface area contributed by atoms with E-state index in [0.717, 1.165) is 31.0 Å². The Labute approximate surface area is 120 Å². The van der Waals surface area contributed by atoms with Crippen LogP contribution in [0.5, 0.6) is 0 Å². The highest BCUT2D eigenvalue weighted by Gasteiger charge is 2.13. The molecule has 0 aliphatic rings. The fraction of sp³-hybridized carbons (Fsp3) is 0.438. The highest BCUT2D eigenvalue weighted by atomic mass is 16.3. The van der Waals surface area contributed by atoms with E-state index in [9.17, 15) is 0 Å². The van der Waals surface area contributed by atoms with E-state index in [1.165, 1.54) is 11.1 Å². The van der Waals surface area contributed by atoms with Crippen LogP contribution in [0.1, 0.15) is 30.2 Å². The molecule has 0 spiro atoms. The third kappa shape index (κ3) is 3.39. The Morgan fingerprint density at radius 3 is 2.80 bits per heavy atom. The van der Waals surface area contributed by atoms with Gasteiger partial charge in [-0.15, -0.1) is 0 Å². The molecule has 4 nitrogen and oxygen atoms in total. The summed E-state index contributed by atoms with van der Waals surface area (Å²) >= 11 is 0. The molecule has 2 heterocycles. The third-order valence-electron chi connectivity index (χ3n) is 3.61. The molecule has 0 amide bonds. The molecule has 108 valence electrons. The Balaban J connectivity index is 2.17. The smallest absolute Gasteiger partial charge is 0.131 e. The van der Waals surface area contributed by atoms with Crippen LogP contribution in [-0.4, -0.2) is 18.1 Å². The van der Waals surface area contributed by atoms with Gasteiger partial charge in [0.05, 0.1) is 6.26 Å². The second kappa shape index (κ2) is 6.57. The number of pyridine rings is 1. The Morgan fingerprint density at radius 1 is 1.35 bits per heavy atom. The molecule has 2 aromatic rings. The van der Waals surface area contributed by atoms with Gasteiger partial charge in [-0.05, 0) is 37.5 Å². The van der Waals surface area contributed by atoms with Crippen LogP contribution < -0.4 is 10.6 Å². The van der Waals surface area contributed by atoms with Crippen molar-refractivity contribution in [3.8, 4) is 0 Å². The number of rotatable bonds is 6. The molecule has 2 N–H and O–H groups in total. The van der Waals surface area contributed by atoms with Gasteiger partial charge in [0, 0.05) is 31.4 Å². The van der Waals surface area contributed by atoms with E-state index in [4.69, 9.17) is 10.2 Å². The Kier molecular flexibility index (Phi) is 4.79. The molecule has 0 aliphatic heterocycles. The lowest BCUT2D eigenvalue weighted by molar-refractivity contribution is 0.529. The first-order valence-corrected chi connectivity index (χ1v) is 7.05. The van der Waals surface area contributed by atoms with Crippen molar-refractivity contribution in [2.45, 2.75) is 39.3 Å². The van der Waals surface area contributed by atoms with Gasteiger partial charge >= 0.3 is 0 Å². The zero-order chi connectivity index (χ0) is 14.5. The number of aromatic nitrogens is 1. The normalized spacial score (nSPS) is 12.4. The zero-order valence-corrected chi connectivity index (χ0v) is 12.5. The van der Waals surface area contributed by atoms with Crippen molar-refractivity contribution in [1.29, 1.82) is 0 Å². The van der Waals surface area contributed by atoms with E-state index < -0.39 is 0 Å². The zero-order valence-electron chi connectivity index (χ0n) is 12.5. The molecule has 0 saturated carbocycles. The van der Waals surface area contributed by atoms with E-state index in [-0.39, 0.29) is 6.04 Å². The molecule has 0 saturated heterocycles. The number of hydrogen-bond acceptors (Lipinski definition) is 4. The van der Waals surface area contributed by atoms with Crippen molar-refractivity contribution in [2.75, 3.05) is 11.9 Å². The Hall–Kier alpha value is -1.81. The summed E-state index contributed by atoms with van der Waals surface area (Å²) in [5, 5.41) is 0. The molecule has 0 aliphatic carbocycles. The summed E-state index contributed by atoms with van der Waals surface area (Å²) in [5.41, 5.74) is 8.46. The molecule has 20 heavy (non-hydrogen) atoms. The van der Waals surface area contributed by atoms with Crippen molar-refractivity contribution < 1.29 is 4.42 Å². The first-order chi connectivity index (χ1) is 9.61. The number of furan rings is 1. The highest BCUT2D eigenvalue weighted by Crippen LogP contribution is 2.21. The largest absolute Gasteiger partial charge is 0.469 e.